The lowest BCUT2D eigenvalue weighted by Gasteiger charge is -2.28. The second kappa shape index (κ2) is 7.12. The highest BCUT2D eigenvalue weighted by Gasteiger charge is 2.52. The maximum absolute atomic E-state index is 12.9. The van der Waals surface area contributed by atoms with Crippen LogP contribution >= 0.6 is 0 Å². The average molecular weight is 350 g/mol. The minimum Gasteiger partial charge on any atom is -0.313 e. The number of carbonyl (C=O) groups excluding carboxylic acids is 3. The molecule has 1 aliphatic rings. The van der Waals surface area contributed by atoms with Crippen molar-refractivity contribution in [3.8, 4) is 0 Å². The highest BCUT2D eigenvalue weighted by Crippen LogP contribution is 2.31. The number of nitrogens with zero attached hydrogens (tertiary/aromatic N) is 2. The number of amides is 3. The van der Waals surface area contributed by atoms with Crippen LogP contribution in [0.15, 0.2) is 60.7 Å². The molecular weight excluding hydrogens is 328 g/mol. The summed E-state index contributed by atoms with van der Waals surface area (Å²) in [5.41, 5.74) is 0.666. The number of rotatable bonds is 6. The van der Waals surface area contributed by atoms with Crippen LogP contribution in [0.3, 0.4) is 0 Å². The highest BCUT2D eigenvalue weighted by atomic mass is 16.2. The molecule has 5 heteroatoms. The Hall–Kier alpha value is -2.95. The largest absolute Gasteiger partial charge is 0.327 e. The van der Waals surface area contributed by atoms with E-state index in [2.05, 4.69) is 0 Å². The highest BCUT2D eigenvalue weighted by molar-refractivity contribution is 6.10. The zero-order valence-electron chi connectivity index (χ0n) is 15.0. The summed E-state index contributed by atoms with van der Waals surface area (Å²) in [5.74, 6) is -0.557. The predicted octanol–water partition coefficient (Wildman–Crippen LogP) is 3.15. The summed E-state index contributed by atoms with van der Waals surface area (Å²) >= 11 is 0. The van der Waals surface area contributed by atoms with E-state index in [0.717, 1.165) is 10.5 Å². The molecule has 3 rings (SSSR count). The van der Waals surface area contributed by atoms with Gasteiger partial charge in [0.05, 0.1) is 6.54 Å². The zero-order chi connectivity index (χ0) is 18.7. The van der Waals surface area contributed by atoms with Crippen molar-refractivity contribution in [3.05, 3.63) is 71.8 Å². The molecule has 0 radical (unpaired) electrons. The number of hydrogen-bond donors (Lipinski definition) is 0. The Morgan fingerprint density at radius 3 is 2.15 bits per heavy atom. The molecule has 3 amide bonds. The van der Waals surface area contributed by atoms with E-state index in [-0.39, 0.29) is 18.2 Å². The van der Waals surface area contributed by atoms with E-state index in [9.17, 15) is 14.4 Å². The molecule has 1 heterocycles. The lowest BCUT2D eigenvalue weighted by atomic mass is 9.92. The molecule has 0 aromatic heterocycles. The van der Waals surface area contributed by atoms with Gasteiger partial charge in [-0.15, -0.1) is 0 Å². The Kier molecular flexibility index (Phi) is 4.89. The number of Topliss-reactive ketones (excluding diaryl/α,β-unsaturated/α-hetero) is 1. The van der Waals surface area contributed by atoms with Crippen LogP contribution in [0.1, 0.15) is 29.3 Å². The van der Waals surface area contributed by atoms with Crippen LogP contribution in [0.5, 0.6) is 0 Å². The van der Waals surface area contributed by atoms with Gasteiger partial charge in [-0.3, -0.25) is 14.5 Å². The molecule has 5 nitrogen and oxygen atoms in total. The van der Waals surface area contributed by atoms with Gasteiger partial charge < -0.3 is 4.90 Å². The molecule has 26 heavy (non-hydrogen) atoms. The van der Waals surface area contributed by atoms with E-state index in [1.165, 1.54) is 4.90 Å². The Bertz CT molecular complexity index is 820. The topological polar surface area (TPSA) is 57.7 Å². The van der Waals surface area contributed by atoms with Crippen molar-refractivity contribution in [1.29, 1.82) is 0 Å². The minimum absolute atomic E-state index is 0.229. The van der Waals surface area contributed by atoms with Crippen molar-refractivity contribution >= 4 is 17.7 Å². The Morgan fingerprint density at radius 1 is 0.962 bits per heavy atom. The first-order valence-corrected chi connectivity index (χ1v) is 8.65. The van der Waals surface area contributed by atoms with Gasteiger partial charge in [0.25, 0.3) is 5.91 Å². The first kappa shape index (κ1) is 17.9. The van der Waals surface area contributed by atoms with Crippen molar-refractivity contribution in [1.82, 2.24) is 9.80 Å². The number of urea groups is 1. The van der Waals surface area contributed by atoms with Gasteiger partial charge in [0, 0.05) is 12.6 Å². The molecule has 1 atom stereocenters. The normalized spacial score (nSPS) is 19.9. The third kappa shape index (κ3) is 3.25. The number of benzene rings is 2. The minimum atomic E-state index is -0.941. The fourth-order valence-corrected chi connectivity index (χ4v) is 3.22. The van der Waals surface area contributed by atoms with Crippen molar-refractivity contribution < 1.29 is 14.4 Å². The smallest absolute Gasteiger partial charge is 0.313 e. The third-order valence-corrected chi connectivity index (χ3v) is 5.10. The molecule has 0 saturated carbocycles. The van der Waals surface area contributed by atoms with E-state index >= 15 is 0 Å². The van der Waals surface area contributed by atoms with Gasteiger partial charge in [-0.25, -0.2) is 4.79 Å². The molecule has 134 valence electrons. The van der Waals surface area contributed by atoms with Gasteiger partial charge in [-0.2, -0.15) is 0 Å². The molecule has 0 unspecified atom stereocenters. The lowest BCUT2D eigenvalue weighted by molar-refractivity contribution is -0.132. The summed E-state index contributed by atoms with van der Waals surface area (Å²) in [6, 6.07) is 18.1. The Morgan fingerprint density at radius 2 is 1.54 bits per heavy atom. The van der Waals surface area contributed by atoms with Crippen molar-refractivity contribution in [3.63, 3.8) is 0 Å². The number of likely N-dealkylation sites (N-methyl/N-ethyl adjacent to an activating group) is 1. The third-order valence-electron chi connectivity index (χ3n) is 5.10. The molecule has 2 aromatic carbocycles. The fraction of sp³-hybridized carbons (Fsp3) is 0.286. The summed E-state index contributed by atoms with van der Waals surface area (Å²) in [6.45, 7) is 1.54. The van der Waals surface area contributed by atoms with E-state index < -0.39 is 11.6 Å². The lowest BCUT2D eigenvalue weighted by Crippen LogP contribution is -2.45. The molecule has 0 spiro atoms. The fourth-order valence-electron chi connectivity index (χ4n) is 3.22. The van der Waals surface area contributed by atoms with Gasteiger partial charge in [-0.1, -0.05) is 60.7 Å². The monoisotopic (exact) mass is 350 g/mol. The first-order valence-electron chi connectivity index (χ1n) is 8.65. The zero-order valence-corrected chi connectivity index (χ0v) is 15.0. The predicted molar refractivity (Wildman–Crippen MR) is 98.8 cm³/mol. The van der Waals surface area contributed by atoms with Gasteiger partial charge in [-0.05, 0) is 25.3 Å². The van der Waals surface area contributed by atoms with E-state index in [1.54, 1.807) is 38.2 Å². The number of imide groups is 1. The van der Waals surface area contributed by atoms with E-state index in [1.807, 2.05) is 36.4 Å². The quantitative estimate of drug-likeness (QED) is 0.594. The van der Waals surface area contributed by atoms with Crippen molar-refractivity contribution in [2.24, 2.45) is 0 Å². The second-order valence-electron chi connectivity index (χ2n) is 6.78. The summed E-state index contributed by atoms with van der Waals surface area (Å²) in [6.07, 6.45) is 1.19. The van der Waals surface area contributed by atoms with Gasteiger partial charge in [0.1, 0.15) is 5.54 Å². The number of carbonyl (C=O) groups is 3. The summed E-state index contributed by atoms with van der Waals surface area (Å²) in [4.78, 5) is 40.5. The molecule has 1 saturated heterocycles. The maximum Gasteiger partial charge on any atom is 0.327 e. The summed E-state index contributed by atoms with van der Waals surface area (Å²) < 4.78 is 0. The van der Waals surface area contributed by atoms with Crippen LogP contribution in [0, 0.1) is 0 Å². The molecule has 2 aromatic rings. The van der Waals surface area contributed by atoms with Gasteiger partial charge in [0.2, 0.25) is 0 Å². The first-order chi connectivity index (χ1) is 12.4. The Balaban J connectivity index is 1.74. The molecule has 0 aliphatic carbocycles. The van der Waals surface area contributed by atoms with Crippen LogP contribution in [0.4, 0.5) is 4.79 Å². The van der Waals surface area contributed by atoms with Gasteiger partial charge >= 0.3 is 6.03 Å². The molecule has 0 N–H and O–H groups in total. The molecule has 0 bridgehead atoms. The number of aryl methyl sites for hydroxylation is 1. The van der Waals surface area contributed by atoms with Crippen molar-refractivity contribution in [2.75, 3.05) is 13.6 Å². The average Bonchev–Trinajstić information content (AvgIpc) is 2.84. The number of ketones is 1. The maximum atomic E-state index is 12.9. The second-order valence-corrected chi connectivity index (χ2v) is 6.78. The standard InChI is InChI=1S/C21H22N2O3/c1-21(14-13-16-9-5-3-6-10-16)19(25)23(20(26)22(21)2)15-18(24)17-11-7-4-8-12-17/h3-12H,13-15H2,1-2H3/t21-/m0/s1. The summed E-state index contributed by atoms with van der Waals surface area (Å²) in [5, 5.41) is 0. The van der Waals surface area contributed by atoms with Gasteiger partial charge in [0.15, 0.2) is 5.78 Å². The van der Waals surface area contributed by atoms with E-state index in [0.29, 0.717) is 18.4 Å². The van der Waals surface area contributed by atoms with Crippen LogP contribution < -0.4 is 0 Å². The van der Waals surface area contributed by atoms with E-state index in [4.69, 9.17) is 0 Å². The summed E-state index contributed by atoms with van der Waals surface area (Å²) in [7, 11) is 1.62. The molecule has 1 aliphatic heterocycles. The Labute approximate surface area is 153 Å². The molecule has 1 fully saturated rings. The van der Waals surface area contributed by atoms with Crippen LogP contribution in [-0.4, -0.2) is 46.7 Å². The van der Waals surface area contributed by atoms with Crippen LogP contribution in [-0.2, 0) is 11.2 Å². The van der Waals surface area contributed by atoms with Crippen LogP contribution in [0.25, 0.3) is 0 Å². The number of hydrogen-bond acceptors (Lipinski definition) is 3. The van der Waals surface area contributed by atoms with Crippen molar-refractivity contribution in [2.45, 2.75) is 25.3 Å². The molecular formula is C21H22N2O3. The SMILES string of the molecule is CN1C(=O)N(CC(=O)c2ccccc2)C(=O)[C@]1(C)CCc1ccccc1. The van der Waals surface area contributed by atoms with Crippen LogP contribution in [0.2, 0.25) is 0 Å².